The van der Waals surface area contributed by atoms with E-state index in [0.29, 0.717) is 17.0 Å². The first kappa shape index (κ1) is 22.0. The molecule has 1 aromatic heterocycles. The number of aliphatic hydroxyl groups is 1. The lowest BCUT2D eigenvalue weighted by Gasteiger charge is -2.18. The smallest absolute Gasteiger partial charge is 0.333 e. The lowest BCUT2D eigenvalue weighted by atomic mass is 9.93. The molecule has 1 fully saturated rings. The molecule has 3 aliphatic carbocycles. The average Bonchev–Trinajstić information content (AvgIpc) is 3.14. The Morgan fingerprint density at radius 2 is 1.70 bits per heavy atom. The van der Waals surface area contributed by atoms with E-state index in [2.05, 4.69) is 16.1 Å². The maximum Gasteiger partial charge on any atom is 0.333 e. The Morgan fingerprint density at radius 3 is 2.21 bits per heavy atom. The summed E-state index contributed by atoms with van der Waals surface area (Å²) in [5, 5.41) is 22.5. The van der Waals surface area contributed by atoms with Gasteiger partial charge < -0.3 is 14.8 Å². The lowest BCUT2D eigenvalue weighted by Crippen LogP contribution is -2.34. The van der Waals surface area contributed by atoms with E-state index >= 15 is 0 Å². The number of carbonyl (C=O) groups is 1. The number of amides is 2. The number of nitrogens with zero attached hydrogens (tertiary/aromatic N) is 1. The van der Waals surface area contributed by atoms with Crippen LogP contribution in [0, 0.1) is 11.3 Å². The summed E-state index contributed by atoms with van der Waals surface area (Å²) in [5.74, 6) is 0.555. The van der Waals surface area contributed by atoms with Gasteiger partial charge in [0.2, 0.25) is 5.09 Å². The lowest BCUT2D eigenvalue weighted by molar-refractivity contribution is 0.0765. The van der Waals surface area contributed by atoms with Gasteiger partial charge >= 0.3 is 6.03 Å². The third-order valence-electron chi connectivity index (χ3n) is 6.83. The molecule has 0 saturated heterocycles. The summed E-state index contributed by atoms with van der Waals surface area (Å²) in [4.78, 5) is 12.8. The number of benzene rings is 1. The first-order chi connectivity index (χ1) is 15.6. The van der Waals surface area contributed by atoms with E-state index in [4.69, 9.17) is 4.42 Å². The molecule has 1 heterocycles. The van der Waals surface area contributed by atoms with Gasteiger partial charge in [-0.05, 0) is 87.5 Å². The zero-order valence-electron chi connectivity index (χ0n) is 18.7. The summed E-state index contributed by atoms with van der Waals surface area (Å²) < 4.78 is 33.6. The Kier molecular flexibility index (Phi) is 5.07. The monoisotopic (exact) mass is 469 g/mol. The van der Waals surface area contributed by atoms with Crippen molar-refractivity contribution in [2.24, 2.45) is 0 Å². The van der Waals surface area contributed by atoms with Crippen LogP contribution in [0.25, 0.3) is 0 Å². The third kappa shape index (κ3) is 3.81. The summed E-state index contributed by atoms with van der Waals surface area (Å²) in [6.45, 7) is 3.15. The quantitative estimate of drug-likeness (QED) is 0.611. The van der Waals surface area contributed by atoms with Crippen molar-refractivity contribution in [2.75, 3.05) is 5.32 Å². The Morgan fingerprint density at radius 1 is 1.12 bits per heavy atom. The van der Waals surface area contributed by atoms with Crippen molar-refractivity contribution in [3.05, 3.63) is 45.2 Å². The van der Waals surface area contributed by atoms with Crippen LogP contribution in [-0.2, 0) is 41.3 Å². The van der Waals surface area contributed by atoms with Crippen molar-refractivity contribution in [3.63, 3.8) is 0 Å². The van der Waals surface area contributed by atoms with Gasteiger partial charge in [0.15, 0.2) is 0 Å². The predicted molar refractivity (Wildman–Crippen MR) is 120 cm³/mol. The van der Waals surface area contributed by atoms with Gasteiger partial charge in [0.25, 0.3) is 10.0 Å². The Labute approximate surface area is 193 Å². The molecule has 2 aromatic rings. The summed E-state index contributed by atoms with van der Waals surface area (Å²) in [6, 6.07) is 2.79. The molecule has 3 N–H and O–H groups in total. The molecule has 0 radical (unpaired) electrons. The molecule has 8 nitrogen and oxygen atoms in total. The second-order valence-electron chi connectivity index (χ2n) is 9.72. The molecular weight excluding hydrogens is 442 g/mol. The second kappa shape index (κ2) is 7.61. The fraction of sp³-hybridized carbons (Fsp3) is 0.500. The molecule has 174 valence electrons. The molecule has 0 aliphatic heterocycles. The normalized spacial score (nSPS) is 17.4. The predicted octanol–water partition coefficient (Wildman–Crippen LogP) is 3.74. The summed E-state index contributed by atoms with van der Waals surface area (Å²) in [5.41, 5.74) is 4.39. The molecule has 0 unspecified atom stereocenters. The molecule has 2 amide bonds. The molecular formula is C24H27N3O5S. The van der Waals surface area contributed by atoms with Gasteiger partial charge in [0.1, 0.15) is 5.76 Å². The highest BCUT2D eigenvalue weighted by Gasteiger charge is 2.37. The molecule has 3 aliphatic rings. The zero-order valence-corrected chi connectivity index (χ0v) is 19.6. The van der Waals surface area contributed by atoms with E-state index in [1.165, 1.54) is 6.07 Å². The number of carbonyl (C=O) groups excluding carboxylic acids is 1. The number of sulfonamides is 1. The van der Waals surface area contributed by atoms with Crippen LogP contribution in [0.3, 0.4) is 0 Å². The number of nitrogens with one attached hydrogen (secondary N) is 2. The van der Waals surface area contributed by atoms with Crippen LogP contribution < -0.4 is 10.0 Å². The number of hydrogen-bond acceptors (Lipinski definition) is 6. The van der Waals surface area contributed by atoms with Crippen molar-refractivity contribution in [2.45, 2.75) is 81.8 Å². The first-order valence-electron chi connectivity index (χ1n) is 11.4. The molecule has 0 spiro atoms. The minimum Gasteiger partial charge on any atom is -0.447 e. The van der Waals surface area contributed by atoms with Crippen LogP contribution in [0.2, 0.25) is 0 Å². The molecule has 9 heteroatoms. The SMILES string of the molecule is CC(C)(O)c1cc(S(=O)(=O)NC(=O)Nc2c3c(c(C#N)c4c2CCC4)CCC3)oc1C1CC1. The van der Waals surface area contributed by atoms with E-state index in [0.717, 1.165) is 79.2 Å². The molecule has 1 saturated carbocycles. The van der Waals surface area contributed by atoms with E-state index < -0.39 is 21.7 Å². The summed E-state index contributed by atoms with van der Waals surface area (Å²) in [6.07, 6.45) is 6.62. The molecule has 0 atom stereocenters. The standard InChI is InChI=1S/C24H27N3O5S/c1-24(2,29)19-11-20(32-22(19)13-9-10-13)33(30,31)27-23(28)26-21-16-7-3-5-14(16)18(12-25)15-6-4-8-17(15)21/h11,13,29H,3-10H2,1-2H3,(H2,26,27,28). The number of rotatable bonds is 5. The second-order valence-corrected chi connectivity index (χ2v) is 11.3. The largest absolute Gasteiger partial charge is 0.447 e. The summed E-state index contributed by atoms with van der Waals surface area (Å²) in [7, 11) is -4.28. The van der Waals surface area contributed by atoms with Crippen molar-refractivity contribution < 1.29 is 22.7 Å². The first-order valence-corrected chi connectivity index (χ1v) is 12.9. The summed E-state index contributed by atoms with van der Waals surface area (Å²) >= 11 is 0. The van der Waals surface area contributed by atoms with Crippen molar-refractivity contribution >= 4 is 21.7 Å². The molecule has 0 bridgehead atoms. The third-order valence-corrected chi connectivity index (χ3v) is 8.02. The van der Waals surface area contributed by atoms with E-state index in [-0.39, 0.29) is 11.0 Å². The van der Waals surface area contributed by atoms with Crippen LogP contribution in [0.4, 0.5) is 10.5 Å². The minimum absolute atomic E-state index is 0.0908. The minimum atomic E-state index is -4.28. The number of nitriles is 1. The van der Waals surface area contributed by atoms with Crippen LogP contribution in [0.15, 0.2) is 15.6 Å². The van der Waals surface area contributed by atoms with Gasteiger partial charge in [-0.1, -0.05) is 0 Å². The number of furan rings is 1. The Bertz CT molecular complexity index is 1270. The maximum atomic E-state index is 12.9. The van der Waals surface area contributed by atoms with Gasteiger partial charge in [-0.25, -0.2) is 9.52 Å². The Balaban J connectivity index is 1.44. The zero-order chi connectivity index (χ0) is 23.5. The topological polar surface area (TPSA) is 132 Å². The van der Waals surface area contributed by atoms with Gasteiger partial charge in [0.05, 0.1) is 17.2 Å². The number of urea groups is 1. The highest BCUT2D eigenvalue weighted by Crippen LogP contribution is 2.46. The molecule has 5 rings (SSSR count). The number of anilines is 1. The van der Waals surface area contributed by atoms with Crippen molar-refractivity contribution in [1.82, 2.24) is 4.72 Å². The van der Waals surface area contributed by atoms with Crippen molar-refractivity contribution in [1.29, 1.82) is 5.26 Å². The fourth-order valence-electron chi connectivity index (χ4n) is 5.19. The van der Waals surface area contributed by atoms with Gasteiger partial charge in [-0.15, -0.1) is 0 Å². The van der Waals surface area contributed by atoms with Gasteiger partial charge in [0, 0.05) is 23.2 Å². The fourth-order valence-corrected chi connectivity index (χ4v) is 6.06. The van der Waals surface area contributed by atoms with Crippen LogP contribution in [0.1, 0.15) is 84.6 Å². The maximum absolute atomic E-state index is 12.9. The van der Waals surface area contributed by atoms with Crippen LogP contribution >= 0.6 is 0 Å². The van der Waals surface area contributed by atoms with Crippen molar-refractivity contribution in [3.8, 4) is 6.07 Å². The number of hydrogen-bond donors (Lipinski definition) is 3. The molecule has 33 heavy (non-hydrogen) atoms. The van der Waals surface area contributed by atoms with Gasteiger partial charge in [-0.2, -0.15) is 13.7 Å². The molecule has 1 aromatic carbocycles. The number of fused-ring (bicyclic) bond motifs is 2. The van der Waals surface area contributed by atoms with E-state index in [9.17, 15) is 23.6 Å². The van der Waals surface area contributed by atoms with Gasteiger partial charge in [-0.3, -0.25) is 0 Å². The highest BCUT2D eigenvalue weighted by atomic mass is 32.2. The highest BCUT2D eigenvalue weighted by molar-refractivity contribution is 7.89. The van der Waals surface area contributed by atoms with Crippen LogP contribution in [0.5, 0.6) is 0 Å². The Hall–Kier alpha value is -2.83. The van der Waals surface area contributed by atoms with E-state index in [1.807, 2.05) is 0 Å². The van der Waals surface area contributed by atoms with Crippen LogP contribution in [-0.4, -0.2) is 19.6 Å². The van der Waals surface area contributed by atoms with E-state index in [1.54, 1.807) is 13.8 Å². The average molecular weight is 470 g/mol.